The molecule has 1 aliphatic carbocycles. The van der Waals surface area contributed by atoms with E-state index in [2.05, 4.69) is 11.4 Å². The molecule has 114 valence electrons. The third-order valence-corrected chi connectivity index (χ3v) is 4.09. The van der Waals surface area contributed by atoms with Crippen molar-refractivity contribution in [3.63, 3.8) is 0 Å². The second kappa shape index (κ2) is 5.33. The van der Waals surface area contributed by atoms with E-state index in [1.165, 1.54) is 6.08 Å². The molecule has 1 heterocycles. The van der Waals surface area contributed by atoms with Crippen molar-refractivity contribution in [3.8, 4) is 0 Å². The highest BCUT2D eigenvalue weighted by atomic mass is 16.4. The summed E-state index contributed by atoms with van der Waals surface area (Å²) in [5.41, 5.74) is 4.27. The molecule has 0 saturated heterocycles. The van der Waals surface area contributed by atoms with Crippen LogP contribution in [-0.4, -0.2) is 37.0 Å². The van der Waals surface area contributed by atoms with Gasteiger partial charge < -0.3 is 15.3 Å². The molecule has 1 aromatic rings. The number of hydrogen-bond donors (Lipinski definition) is 2. The molecule has 0 amide bonds. The molecule has 0 fully saturated rings. The minimum Gasteiger partial charge on any atom is -0.479 e. The van der Waals surface area contributed by atoms with Gasteiger partial charge in [0.2, 0.25) is 0 Å². The third-order valence-electron chi connectivity index (χ3n) is 4.09. The number of carbonyl (C=O) groups is 2. The number of dihydropyridines is 1. The van der Waals surface area contributed by atoms with Gasteiger partial charge in [0.1, 0.15) is 6.04 Å². The Morgan fingerprint density at radius 2 is 2.09 bits per heavy atom. The predicted octanol–water partition coefficient (Wildman–Crippen LogP) is 1.59. The maximum Gasteiger partial charge on any atom is 0.330 e. The summed E-state index contributed by atoms with van der Waals surface area (Å²) in [5.74, 6) is -0.906. The molecule has 5 nitrogen and oxygen atoms in total. The molecule has 0 radical (unpaired) electrons. The number of hydrogen-bond acceptors (Lipinski definition) is 4. The molecule has 0 aromatic heterocycles. The average Bonchev–Trinajstić information content (AvgIpc) is 2.64. The summed E-state index contributed by atoms with van der Waals surface area (Å²) >= 11 is 0. The third kappa shape index (κ3) is 2.39. The second-order valence-corrected chi connectivity index (χ2v) is 5.77. The Kier molecular flexibility index (Phi) is 3.48. The van der Waals surface area contributed by atoms with Crippen LogP contribution in [0.25, 0.3) is 5.70 Å². The van der Waals surface area contributed by atoms with Crippen LogP contribution >= 0.6 is 0 Å². The van der Waals surface area contributed by atoms with Crippen LogP contribution in [0.5, 0.6) is 0 Å². The van der Waals surface area contributed by atoms with Gasteiger partial charge in [-0.15, -0.1) is 0 Å². The van der Waals surface area contributed by atoms with Gasteiger partial charge in [0.15, 0.2) is 5.78 Å². The summed E-state index contributed by atoms with van der Waals surface area (Å²) in [6.07, 6.45) is 4.27. The molecule has 1 unspecified atom stereocenters. The summed E-state index contributed by atoms with van der Waals surface area (Å²) in [4.78, 5) is 25.5. The number of anilines is 1. The lowest BCUT2D eigenvalue weighted by Gasteiger charge is -2.23. The van der Waals surface area contributed by atoms with Crippen LogP contribution in [0.15, 0.2) is 35.9 Å². The minimum atomic E-state index is -0.953. The number of Topliss-reactive ketones (excluding diaryl/α,β-unsaturated/α-hetero) is 1. The maximum atomic E-state index is 12.3. The van der Waals surface area contributed by atoms with Crippen molar-refractivity contribution in [1.82, 2.24) is 5.32 Å². The molecule has 1 aromatic carbocycles. The molecule has 0 saturated carbocycles. The number of aryl methyl sites for hydroxylation is 1. The molecule has 3 rings (SSSR count). The molecule has 1 aliphatic heterocycles. The van der Waals surface area contributed by atoms with E-state index in [-0.39, 0.29) is 5.78 Å². The topological polar surface area (TPSA) is 69.6 Å². The van der Waals surface area contributed by atoms with Crippen LogP contribution in [0.4, 0.5) is 5.69 Å². The summed E-state index contributed by atoms with van der Waals surface area (Å²) in [6, 6.07) is 5.21. The Balaban J connectivity index is 2.11. The van der Waals surface area contributed by atoms with Crippen molar-refractivity contribution >= 4 is 23.1 Å². The number of ketones is 1. The van der Waals surface area contributed by atoms with Crippen LogP contribution in [0.3, 0.4) is 0 Å². The van der Waals surface area contributed by atoms with Crippen molar-refractivity contribution < 1.29 is 14.7 Å². The Hall–Kier alpha value is -2.56. The van der Waals surface area contributed by atoms with Gasteiger partial charge in [-0.1, -0.05) is 18.2 Å². The summed E-state index contributed by atoms with van der Waals surface area (Å²) in [6.45, 7) is 0. The fraction of sp³-hybridized carbons (Fsp3) is 0.294. The maximum absolute atomic E-state index is 12.3. The molecule has 5 heteroatoms. The number of fused-ring (bicyclic) bond motifs is 2. The largest absolute Gasteiger partial charge is 0.479 e. The summed E-state index contributed by atoms with van der Waals surface area (Å²) < 4.78 is 0. The van der Waals surface area contributed by atoms with Crippen molar-refractivity contribution in [1.29, 1.82) is 0 Å². The van der Waals surface area contributed by atoms with E-state index in [1.807, 2.05) is 31.1 Å². The van der Waals surface area contributed by atoms with Gasteiger partial charge in [-0.05, 0) is 24.1 Å². The number of carbonyl (C=O) groups excluding carboxylic acids is 1. The zero-order valence-electron chi connectivity index (χ0n) is 12.6. The monoisotopic (exact) mass is 298 g/mol. The first-order valence-electron chi connectivity index (χ1n) is 7.23. The number of benzene rings is 1. The molecule has 2 aliphatic rings. The normalized spacial score (nSPS) is 19.9. The van der Waals surface area contributed by atoms with Crippen LogP contribution < -0.4 is 10.2 Å². The van der Waals surface area contributed by atoms with Gasteiger partial charge in [0.05, 0.1) is 5.70 Å². The molecule has 0 bridgehead atoms. The van der Waals surface area contributed by atoms with E-state index < -0.39 is 12.0 Å². The lowest BCUT2D eigenvalue weighted by atomic mass is 9.97. The van der Waals surface area contributed by atoms with Crippen molar-refractivity contribution in [3.05, 3.63) is 47.1 Å². The highest BCUT2D eigenvalue weighted by molar-refractivity contribution is 6.07. The van der Waals surface area contributed by atoms with Gasteiger partial charge in [-0.3, -0.25) is 4.79 Å². The van der Waals surface area contributed by atoms with Crippen molar-refractivity contribution in [2.45, 2.75) is 18.9 Å². The number of nitrogens with one attached hydrogen (secondary N) is 1. The smallest absolute Gasteiger partial charge is 0.330 e. The molecule has 22 heavy (non-hydrogen) atoms. The van der Waals surface area contributed by atoms with E-state index in [0.717, 1.165) is 16.8 Å². The van der Waals surface area contributed by atoms with E-state index in [1.54, 1.807) is 6.08 Å². The summed E-state index contributed by atoms with van der Waals surface area (Å²) in [5, 5.41) is 12.2. The fourth-order valence-electron chi connectivity index (χ4n) is 2.85. The second-order valence-electron chi connectivity index (χ2n) is 5.77. The lowest BCUT2D eigenvalue weighted by molar-refractivity contribution is -0.137. The van der Waals surface area contributed by atoms with Gasteiger partial charge in [0.25, 0.3) is 0 Å². The van der Waals surface area contributed by atoms with Gasteiger partial charge in [-0.25, -0.2) is 4.79 Å². The molecule has 2 N–H and O–H groups in total. The van der Waals surface area contributed by atoms with Crippen molar-refractivity contribution in [2.24, 2.45) is 0 Å². The van der Waals surface area contributed by atoms with E-state index in [4.69, 9.17) is 0 Å². The van der Waals surface area contributed by atoms with Crippen LogP contribution in [-0.2, 0) is 16.0 Å². The highest BCUT2D eigenvalue weighted by Gasteiger charge is 2.28. The lowest BCUT2D eigenvalue weighted by Crippen LogP contribution is -2.36. The fourth-order valence-corrected chi connectivity index (χ4v) is 2.85. The predicted molar refractivity (Wildman–Crippen MR) is 84.7 cm³/mol. The van der Waals surface area contributed by atoms with Gasteiger partial charge in [-0.2, -0.15) is 0 Å². The van der Waals surface area contributed by atoms with Gasteiger partial charge in [0, 0.05) is 37.3 Å². The Morgan fingerprint density at radius 1 is 1.32 bits per heavy atom. The molecular weight excluding hydrogens is 280 g/mol. The number of carboxylic acids is 1. The number of carboxylic acid groups (broad SMARTS) is 1. The van der Waals surface area contributed by atoms with Crippen LogP contribution in [0.2, 0.25) is 0 Å². The van der Waals surface area contributed by atoms with Crippen LogP contribution in [0.1, 0.15) is 17.5 Å². The highest BCUT2D eigenvalue weighted by Crippen LogP contribution is 2.32. The van der Waals surface area contributed by atoms with E-state index >= 15 is 0 Å². The van der Waals surface area contributed by atoms with E-state index in [0.29, 0.717) is 24.1 Å². The molecular formula is C17H18N2O3. The minimum absolute atomic E-state index is 0.0465. The Morgan fingerprint density at radius 3 is 2.77 bits per heavy atom. The summed E-state index contributed by atoms with van der Waals surface area (Å²) in [7, 11) is 3.94. The zero-order chi connectivity index (χ0) is 15.9. The van der Waals surface area contributed by atoms with Crippen LogP contribution in [0, 0.1) is 0 Å². The van der Waals surface area contributed by atoms with Gasteiger partial charge >= 0.3 is 5.97 Å². The quantitative estimate of drug-likeness (QED) is 0.868. The number of aliphatic carboxylic acids is 1. The number of rotatable bonds is 2. The van der Waals surface area contributed by atoms with E-state index in [9.17, 15) is 14.7 Å². The SMILES string of the molecule is CN(C)c1ccc2c(c1)CCC(=O)C1=C2NC(C(=O)O)C=C1. The first kappa shape index (κ1) is 14.4. The molecule has 1 atom stereocenters. The first-order chi connectivity index (χ1) is 10.5. The number of allylic oxidation sites excluding steroid dienone is 2. The first-order valence-corrected chi connectivity index (χ1v) is 7.23. The standard InChI is InChI=1S/C17H18N2O3/c1-19(2)11-4-5-12-10(9-11)3-8-15(20)13-6-7-14(17(21)22)18-16(12)13/h4-7,9,14,18H,3,8H2,1-2H3,(H,21,22). The number of nitrogens with zero attached hydrogens (tertiary/aromatic N) is 1. The molecule has 0 spiro atoms. The Bertz CT molecular complexity index is 717. The van der Waals surface area contributed by atoms with Crippen molar-refractivity contribution in [2.75, 3.05) is 19.0 Å². The average molecular weight is 298 g/mol. The zero-order valence-corrected chi connectivity index (χ0v) is 12.6. The Labute approximate surface area is 128 Å².